The second-order valence-corrected chi connectivity index (χ2v) is 8.32. The molecule has 2 N–H and O–H groups in total. The number of guanidine groups is 1. The van der Waals surface area contributed by atoms with Crippen LogP contribution in [0.2, 0.25) is 0 Å². The summed E-state index contributed by atoms with van der Waals surface area (Å²) >= 11 is 0. The van der Waals surface area contributed by atoms with Crippen LogP contribution in [0, 0.1) is 5.41 Å². The number of carbonyl (C=O) groups excluding carboxylic acids is 1. The first-order valence-corrected chi connectivity index (χ1v) is 10.8. The average molecular weight is 538 g/mol. The molecule has 1 heterocycles. The van der Waals surface area contributed by atoms with Crippen molar-refractivity contribution in [2.45, 2.75) is 39.2 Å². The molecule has 0 radical (unpaired) electrons. The van der Waals surface area contributed by atoms with E-state index in [-0.39, 0.29) is 35.3 Å². The number of hydrogen-bond donors (Lipinski definition) is 2. The van der Waals surface area contributed by atoms with Crippen molar-refractivity contribution in [1.82, 2.24) is 25.1 Å². The second-order valence-electron chi connectivity index (χ2n) is 8.32. The van der Waals surface area contributed by atoms with Gasteiger partial charge < -0.3 is 20.1 Å². The van der Waals surface area contributed by atoms with Gasteiger partial charge in [0, 0.05) is 27.7 Å². The molecule has 0 aliphatic heterocycles. The zero-order chi connectivity index (χ0) is 21.6. The van der Waals surface area contributed by atoms with Gasteiger partial charge in [-0.1, -0.05) is 43.2 Å². The number of nitrogens with one attached hydrogen (secondary N) is 2. The van der Waals surface area contributed by atoms with E-state index >= 15 is 0 Å². The summed E-state index contributed by atoms with van der Waals surface area (Å²) < 4.78 is 0. The highest BCUT2D eigenvalue weighted by atomic mass is 127. The van der Waals surface area contributed by atoms with Crippen LogP contribution in [0.3, 0.4) is 0 Å². The van der Waals surface area contributed by atoms with Gasteiger partial charge in [-0.25, -0.2) is 4.98 Å². The third-order valence-electron chi connectivity index (χ3n) is 5.75. The van der Waals surface area contributed by atoms with E-state index in [1.165, 1.54) is 0 Å². The van der Waals surface area contributed by atoms with E-state index in [4.69, 9.17) is 4.99 Å². The van der Waals surface area contributed by atoms with Crippen LogP contribution in [-0.2, 0) is 11.3 Å². The third kappa shape index (κ3) is 6.21. The number of amides is 1. The van der Waals surface area contributed by atoms with Gasteiger partial charge in [0.1, 0.15) is 5.82 Å². The Bertz CT molecular complexity index is 858. The van der Waals surface area contributed by atoms with E-state index in [2.05, 4.69) is 39.2 Å². The first kappa shape index (κ1) is 25.2. The fourth-order valence-electron chi connectivity index (χ4n) is 4.17. The summed E-state index contributed by atoms with van der Waals surface area (Å²) in [6, 6.07) is 10.2. The lowest BCUT2D eigenvalue weighted by Gasteiger charge is -2.30. The Morgan fingerprint density at radius 3 is 2.48 bits per heavy atom. The molecule has 3 rings (SSSR count). The molecule has 2 aromatic rings. The molecule has 0 spiro atoms. The van der Waals surface area contributed by atoms with Gasteiger partial charge in [0.25, 0.3) is 0 Å². The van der Waals surface area contributed by atoms with Gasteiger partial charge >= 0.3 is 0 Å². The van der Waals surface area contributed by atoms with Crippen molar-refractivity contribution in [3.63, 3.8) is 0 Å². The molecule has 0 unspecified atom stereocenters. The topological polar surface area (TPSA) is 76.6 Å². The number of nitrogens with zero attached hydrogens (tertiary/aromatic N) is 4. The molecule has 1 saturated carbocycles. The van der Waals surface area contributed by atoms with Crippen LogP contribution < -0.4 is 5.32 Å². The molecule has 1 aliphatic carbocycles. The predicted octanol–water partition coefficient (Wildman–Crippen LogP) is 3.74. The second kappa shape index (κ2) is 11.5. The fourth-order valence-corrected chi connectivity index (χ4v) is 4.17. The molecule has 0 saturated heterocycles. The van der Waals surface area contributed by atoms with Crippen molar-refractivity contribution >= 4 is 35.8 Å². The summed E-state index contributed by atoms with van der Waals surface area (Å²) in [5.74, 6) is 1.87. The molecule has 8 heteroatoms. The van der Waals surface area contributed by atoms with E-state index < -0.39 is 0 Å². The Morgan fingerprint density at radius 2 is 1.87 bits per heavy atom. The van der Waals surface area contributed by atoms with Crippen molar-refractivity contribution in [2.75, 3.05) is 34.2 Å². The van der Waals surface area contributed by atoms with Gasteiger partial charge in [-0.15, -0.1) is 24.0 Å². The number of rotatable bonds is 7. The van der Waals surface area contributed by atoms with Gasteiger partial charge in [-0.2, -0.15) is 0 Å². The molecule has 1 amide bonds. The number of carbonyl (C=O) groups is 1. The van der Waals surface area contributed by atoms with Crippen molar-refractivity contribution < 1.29 is 4.79 Å². The monoisotopic (exact) mass is 538 g/mol. The maximum absolute atomic E-state index is 12.8. The number of aromatic nitrogens is 2. The standard InChI is InChI=1S/C23H34N6O.HI/c1-5-24-22(26-17-23(13-9-10-14-23)21(30)28(2)3)29(4)16-20-25-15-19(27-20)18-11-7-6-8-12-18;/h6-8,11-12,15H,5,9-10,13-14,16-17H2,1-4H3,(H,24,26)(H,25,27);1H. The molecule has 1 aliphatic rings. The summed E-state index contributed by atoms with van der Waals surface area (Å²) in [6.45, 7) is 3.95. The van der Waals surface area contributed by atoms with Crippen LogP contribution in [0.15, 0.2) is 41.5 Å². The SMILES string of the molecule is CCNC(=NCC1(C(=O)N(C)C)CCCC1)N(C)Cc1ncc(-c2ccccc2)[nH]1.I. The Hall–Kier alpha value is -2.10. The van der Waals surface area contributed by atoms with Crippen LogP contribution in [-0.4, -0.2) is 65.9 Å². The molecule has 170 valence electrons. The first-order valence-electron chi connectivity index (χ1n) is 10.8. The number of halogens is 1. The summed E-state index contributed by atoms with van der Waals surface area (Å²) in [6.07, 6.45) is 5.88. The highest BCUT2D eigenvalue weighted by Crippen LogP contribution is 2.39. The number of H-pyrrole nitrogens is 1. The quantitative estimate of drug-likeness (QED) is 0.320. The Morgan fingerprint density at radius 1 is 1.19 bits per heavy atom. The number of aliphatic imine (C=N–C) groups is 1. The zero-order valence-corrected chi connectivity index (χ0v) is 21.3. The van der Waals surface area contributed by atoms with E-state index in [0.29, 0.717) is 13.1 Å². The first-order chi connectivity index (χ1) is 14.4. The molecule has 31 heavy (non-hydrogen) atoms. The van der Waals surface area contributed by atoms with E-state index in [1.807, 2.05) is 45.5 Å². The molecule has 0 atom stereocenters. The zero-order valence-electron chi connectivity index (χ0n) is 19.0. The van der Waals surface area contributed by atoms with Gasteiger partial charge in [0.15, 0.2) is 5.96 Å². The fraction of sp³-hybridized carbons (Fsp3) is 0.522. The number of hydrogen-bond acceptors (Lipinski definition) is 3. The lowest BCUT2D eigenvalue weighted by atomic mass is 9.85. The summed E-state index contributed by atoms with van der Waals surface area (Å²) in [5.41, 5.74) is 1.75. The van der Waals surface area contributed by atoms with Crippen molar-refractivity contribution in [2.24, 2.45) is 10.4 Å². The predicted molar refractivity (Wildman–Crippen MR) is 136 cm³/mol. The van der Waals surface area contributed by atoms with Crippen molar-refractivity contribution in [1.29, 1.82) is 0 Å². The summed E-state index contributed by atoms with van der Waals surface area (Å²) in [7, 11) is 5.68. The molecule has 7 nitrogen and oxygen atoms in total. The number of aromatic amines is 1. The summed E-state index contributed by atoms with van der Waals surface area (Å²) in [4.78, 5) is 29.4. The number of imidazole rings is 1. The van der Waals surface area contributed by atoms with E-state index in [1.54, 1.807) is 4.90 Å². The number of benzene rings is 1. The molecule has 1 aromatic heterocycles. The van der Waals surface area contributed by atoms with Crippen LogP contribution in [0.1, 0.15) is 38.4 Å². The Kier molecular flexibility index (Phi) is 9.33. The molecule has 1 fully saturated rings. The van der Waals surface area contributed by atoms with Crippen molar-refractivity contribution in [3.05, 3.63) is 42.4 Å². The highest BCUT2D eigenvalue weighted by Gasteiger charge is 2.42. The minimum absolute atomic E-state index is 0. The van der Waals surface area contributed by atoms with E-state index in [0.717, 1.165) is 55.3 Å². The third-order valence-corrected chi connectivity index (χ3v) is 5.75. The minimum Gasteiger partial charge on any atom is -0.357 e. The van der Waals surface area contributed by atoms with Gasteiger partial charge in [-0.3, -0.25) is 9.79 Å². The molecule has 0 bridgehead atoms. The normalized spacial score (nSPS) is 15.3. The average Bonchev–Trinajstić information content (AvgIpc) is 3.41. The highest BCUT2D eigenvalue weighted by molar-refractivity contribution is 14.0. The van der Waals surface area contributed by atoms with Gasteiger partial charge in [0.05, 0.1) is 30.4 Å². The van der Waals surface area contributed by atoms with Crippen LogP contribution in [0.5, 0.6) is 0 Å². The lowest BCUT2D eigenvalue weighted by molar-refractivity contribution is -0.138. The van der Waals surface area contributed by atoms with Gasteiger partial charge in [-0.05, 0) is 25.3 Å². The van der Waals surface area contributed by atoms with Crippen LogP contribution >= 0.6 is 24.0 Å². The smallest absolute Gasteiger partial charge is 0.230 e. The largest absolute Gasteiger partial charge is 0.357 e. The minimum atomic E-state index is -0.365. The lowest BCUT2D eigenvalue weighted by Crippen LogP contribution is -2.43. The maximum atomic E-state index is 12.8. The summed E-state index contributed by atoms with van der Waals surface area (Å²) in [5, 5.41) is 3.36. The van der Waals surface area contributed by atoms with E-state index in [9.17, 15) is 4.79 Å². The maximum Gasteiger partial charge on any atom is 0.230 e. The molecular formula is C23H35IN6O. The van der Waals surface area contributed by atoms with Crippen molar-refractivity contribution in [3.8, 4) is 11.3 Å². The van der Waals surface area contributed by atoms with Crippen LogP contribution in [0.25, 0.3) is 11.3 Å². The van der Waals surface area contributed by atoms with Gasteiger partial charge in [0.2, 0.25) is 5.91 Å². The molecular weight excluding hydrogens is 503 g/mol. The molecule has 1 aromatic carbocycles. The Balaban J connectivity index is 0.00000341. The Labute approximate surface area is 202 Å². The van der Waals surface area contributed by atoms with Crippen LogP contribution in [0.4, 0.5) is 0 Å².